The minimum absolute atomic E-state index is 0.00454. The predicted octanol–water partition coefficient (Wildman–Crippen LogP) is 3.21. The van der Waals surface area contributed by atoms with Crippen molar-refractivity contribution in [3.05, 3.63) is 29.3 Å². The molecular formula is C18H20N4O2S. The third kappa shape index (κ3) is 2.54. The highest BCUT2D eigenvalue weighted by Gasteiger charge is 2.38. The molecule has 0 saturated carbocycles. The molecule has 7 heteroatoms. The fourth-order valence-electron chi connectivity index (χ4n) is 3.73. The van der Waals surface area contributed by atoms with Crippen LogP contribution in [0, 0.1) is 0 Å². The molecule has 2 bridgehead atoms. The van der Waals surface area contributed by atoms with Crippen LogP contribution in [-0.4, -0.2) is 42.3 Å². The lowest BCUT2D eigenvalue weighted by Gasteiger charge is -2.47. The van der Waals surface area contributed by atoms with Crippen LogP contribution in [0.1, 0.15) is 25.0 Å². The number of thiazole rings is 1. The van der Waals surface area contributed by atoms with E-state index >= 15 is 0 Å². The number of rotatable bonds is 4. The van der Waals surface area contributed by atoms with Crippen molar-refractivity contribution in [1.29, 1.82) is 0 Å². The molecule has 2 aromatic heterocycles. The van der Waals surface area contributed by atoms with Crippen LogP contribution in [0.5, 0.6) is 0 Å². The number of fused-ring (bicyclic) bond motifs is 3. The zero-order valence-electron chi connectivity index (χ0n) is 14.2. The predicted molar refractivity (Wildman–Crippen MR) is 98.1 cm³/mol. The molecule has 6 rings (SSSR count). The van der Waals surface area contributed by atoms with Gasteiger partial charge in [-0.1, -0.05) is 0 Å². The standard InChI is InChI=1S/C18H20N4O2S/c1-10(23-2)11-5-14(17-19-3-4-25-17)16-15(6-11)21-18(24-16)22-8-12-7-13(9-22)20-12/h3-6,10,12-13,20H,7-9H2,1-2H3. The minimum Gasteiger partial charge on any atom is -0.423 e. The highest BCUT2D eigenvalue weighted by molar-refractivity contribution is 7.13. The Bertz CT molecular complexity index is 891. The van der Waals surface area contributed by atoms with Gasteiger partial charge in [-0.05, 0) is 31.0 Å². The summed E-state index contributed by atoms with van der Waals surface area (Å²) < 4.78 is 11.7. The number of benzene rings is 1. The van der Waals surface area contributed by atoms with E-state index < -0.39 is 0 Å². The maximum Gasteiger partial charge on any atom is 0.298 e. The average molecular weight is 356 g/mol. The van der Waals surface area contributed by atoms with Gasteiger partial charge in [0.25, 0.3) is 6.01 Å². The second-order valence-corrected chi connectivity index (χ2v) is 7.72. The summed E-state index contributed by atoms with van der Waals surface area (Å²) in [5, 5.41) is 6.47. The SMILES string of the molecule is COC(C)c1cc(-c2nccs2)c2oc(N3CC4CC(C3)N4)nc2c1. The van der Waals surface area contributed by atoms with Gasteiger partial charge in [0.1, 0.15) is 10.5 Å². The van der Waals surface area contributed by atoms with E-state index in [1.54, 1.807) is 18.4 Å². The Kier molecular flexibility index (Phi) is 3.55. The first-order valence-corrected chi connectivity index (χ1v) is 9.47. The van der Waals surface area contributed by atoms with Crippen LogP contribution < -0.4 is 10.2 Å². The molecular weight excluding hydrogens is 336 g/mol. The van der Waals surface area contributed by atoms with Crippen molar-refractivity contribution in [2.45, 2.75) is 31.5 Å². The summed E-state index contributed by atoms with van der Waals surface area (Å²) in [4.78, 5) is 11.5. The van der Waals surface area contributed by atoms with Crippen molar-refractivity contribution in [3.8, 4) is 10.6 Å². The molecule has 3 aliphatic rings. The van der Waals surface area contributed by atoms with Gasteiger partial charge in [0, 0.05) is 43.9 Å². The lowest BCUT2D eigenvalue weighted by molar-refractivity contribution is 0.119. The van der Waals surface area contributed by atoms with E-state index in [1.165, 1.54) is 6.42 Å². The van der Waals surface area contributed by atoms with Gasteiger partial charge in [-0.25, -0.2) is 4.98 Å². The van der Waals surface area contributed by atoms with Gasteiger partial charge in [-0.3, -0.25) is 0 Å². The Balaban J connectivity index is 1.62. The normalized spacial score (nSPS) is 23.7. The first kappa shape index (κ1) is 15.3. The summed E-state index contributed by atoms with van der Waals surface area (Å²) in [7, 11) is 1.72. The summed E-state index contributed by atoms with van der Waals surface area (Å²) in [5.74, 6) is 0. The van der Waals surface area contributed by atoms with E-state index in [-0.39, 0.29) is 6.10 Å². The number of anilines is 1. The van der Waals surface area contributed by atoms with Crippen LogP contribution >= 0.6 is 11.3 Å². The third-order valence-corrected chi connectivity index (χ3v) is 5.99. The quantitative estimate of drug-likeness (QED) is 0.774. The van der Waals surface area contributed by atoms with Gasteiger partial charge in [0.15, 0.2) is 5.58 Å². The Morgan fingerprint density at radius 2 is 2.16 bits per heavy atom. The van der Waals surface area contributed by atoms with Crippen LogP contribution in [0.3, 0.4) is 0 Å². The molecule has 6 nitrogen and oxygen atoms in total. The first-order chi connectivity index (χ1) is 12.2. The molecule has 1 aromatic carbocycles. The molecule has 3 saturated heterocycles. The van der Waals surface area contributed by atoms with Crippen LogP contribution in [-0.2, 0) is 4.74 Å². The Morgan fingerprint density at radius 1 is 1.36 bits per heavy atom. The van der Waals surface area contributed by atoms with E-state index in [1.807, 2.05) is 18.5 Å². The largest absolute Gasteiger partial charge is 0.423 e. The van der Waals surface area contributed by atoms with E-state index in [0.29, 0.717) is 18.1 Å². The number of hydrogen-bond donors (Lipinski definition) is 1. The lowest BCUT2D eigenvalue weighted by Crippen LogP contribution is -2.67. The van der Waals surface area contributed by atoms with Crippen molar-refractivity contribution < 1.29 is 9.15 Å². The fourth-order valence-corrected chi connectivity index (χ4v) is 4.38. The molecule has 130 valence electrons. The highest BCUT2D eigenvalue weighted by Crippen LogP contribution is 2.37. The molecule has 3 aromatic rings. The number of nitrogens with zero attached hydrogens (tertiary/aromatic N) is 3. The number of methoxy groups -OCH3 is 1. The van der Waals surface area contributed by atoms with Crippen molar-refractivity contribution in [3.63, 3.8) is 0 Å². The van der Waals surface area contributed by atoms with Crippen molar-refractivity contribution in [2.75, 3.05) is 25.1 Å². The van der Waals surface area contributed by atoms with Crippen molar-refractivity contribution in [1.82, 2.24) is 15.3 Å². The molecule has 0 radical (unpaired) electrons. The molecule has 3 fully saturated rings. The molecule has 0 amide bonds. The number of aromatic nitrogens is 2. The second-order valence-electron chi connectivity index (χ2n) is 6.83. The third-order valence-electron chi connectivity index (χ3n) is 5.18. The summed E-state index contributed by atoms with van der Waals surface area (Å²) in [6.07, 6.45) is 3.07. The van der Waals surface area contributed by atoms with Gasteiger partial charge < -0.3 is 19.4 Å². The number of oxazole rings is 1. The van der Waals surface area contributed by atoms with Crippen LogP contribution in [0.15, 0.2) is 28.1 Å². The van der Waals surface area contributed by atoms with E-state index in [9.17, 15) is 0 Å². The minimum atomic E-state index is -0.00454. The van der Waals surface area contributed by atoms with Crippen molar-refractivity contribution in [2.24, 2.45) is 0 Å². The number of nitrogens with one attached hydrogen (secondary N) is 1. The summed E-state index contributed by atoms with van der Waals surface area (Å²) >= 11 is 1.61. The summed E-state index contributed by atoms with van der Waals surface area (Å²) in [6.45, 7) is 3.95. The van der Waals surface area contributed by atoms with Crippen LogP contribution in [0.2, 0.25) is 0 Å². The van der Waals surface area contributed by atoms with Crippen LogP contribution in [0.25, 0.3) is 21.7 Å². The average Bonchev–Trinajstić information content (AvgIpc) is 3.29. The Hall–Kier alpha value is -1.96. The highest BCUT2D eigenvalue weighted by atomic mass is 32.1. The number of hydrogen-bond acceptors (Lipinski definition) is 7. The van der Waals surface area contributed by atoms with E-state index in [4.69, 9.17) is 14.1 Å². The summed E-state index contributed by atoms with van der Waals surface area (Å²) in [6, 6.07) is 6.02. The van der Waals surface area contributed by atoms with E-state index in [0.717, 1.165) is 40.3 Å². The monoisotopic (exact) mass is 356 g/mol. The first-order valence-electron chi connectivity index (χ1n) is 8.59. The molecule has 0 aliphatic carbocycles. The lowest BCUT2D eigenvalue weighted by atomic mass is 9.92. The van der Waals surface area contributed by atoms with E-state index in [2.05, 4.69) is 27.3 Å². The van der Waals surface area contributed by atoms with Gasteiger partial charge in [0.05, 0.1) is 11.7 Å². The number of piperidine rings is 1. The number of ether oxygens (including phenoxy) is 1. The summed E-state index contributed by atoms with van der Waals surface area (Å²) in [5.41, 5.74) is 3.76. The molecule has 3 atom stereocenters. The van der Waals surface area contributed by atoms with Gasteiger partial charge in [-0.2, -0.15) is 4.98 Å². The number of piperazine rings is 1. The fraction of sp³-hybridized carbons (Fsp3) is 0.444. The second kappa shape index (κ2) is 5.79. The molecule has 3 unspecified atom stereocenters. The maximum atomic E-state index is 6.21. The zero-order valence-corrected chi connectivity index (χ0v) is 15.0. The topological polar surface area (TPSA) is 63.4 Å². The van der Waals surface area contributed by atoms with Gasteiger partial charge in [-0.15, -0.1) is 11.3 Å². The maximum absolute atomic E-state index is 6.21. The molecule has 25 heavy (non-hydrogen) atoms. The molecule has 1 N–H and O–H groups in total. The van der Waals surface area contributed by atoms with Crippen molar-refractivity contribution >= 4 is 28.5 Å². The molecule has 3 aliphatic heterocycles. The zero-order chi connectivity index (χ0) is 17.0. The van der Waals surface area contributed by atoms with Gasteiger partial charge in [0.2, 0.25) is 0 Å². The van der Waals surface area contributed by atoms with Gasteiger partial charge >= 0.3 is 0 Å². The Morgan fingerprint density at radius 3 is 2.84 bits per heavy atom. The molecule has 5 heterocycles. The van der Waals surface area contributed by atoms with Crippen LogP contribution in [0.4, 0.5) is 6.01 Å². The molecule has 0 spiro atoms. The Labute approximate surface area is 149 Å². The smallest absolute Gasteiger partial charge is 0.298 e.